The molecule has 1 aromatic rings. The van der Waals surface area contributed by atoms with Gasteiger partial charge in [0.05, 0.1) is 31.1 Å². The predicted molar refractivity (Wildman–Crippen MR) is 120 cm³/mol. The number of rotatable bonds is 13. The Morgan fingerprint density at radius 3 is 1.34 bits per heavy atom. The van der Waals surface area contributed by atoms with E-state index in [1.807, 2.05) is 0 Å². The Hall–Kier alpha value is 0.0900. The molecule has 6 heteroatoms. The summed E-state index contributed by atoms with van der Waals surface area (Å²) < 4.78 is 31.3. The van der Waals surface area contributed by atoms with Crippen LogP contribution in [0.15, 0.2) is 29.2 Å². The Bertz CT molecular complexity index is 583. The molecule has 1 aromatic carbocycles. The quantitative estimate of drug-likeness (QED) is 0.293. The molecule has 0 radical (unpaired) electrons. The third kappa shape index (κ3) is 13.9. The summed E-state index contributed by atoms with van der Waals surface area (Å²) in [5.41, 5.74) is 0.551. The molecule has 0 bridgehead atoms. The summed E-state index contributed by atoms with van der Waals surface area (Å²) in [6.45, 7) is 16.6. The molecule has 0 aliphatic carbocycles. The van der Waals surface area contributed by atoms with Crippen molar-refractivity contribution in [2.75, 3.05) is 26.2 Å². The molecule has 0 atom stereocenters. The average molecular weight is 438 g/mol. The first kappa shape index (κ1) is 31.3. The number of quaternary nitrogens is 1. The van der Waals surface area contributed by atoms with E-state index in [2.05, 4.69) is 27.7 Å². The largest absolute Gasteiger partial charge is 1.00 e. The third-order valence-corrected chi connectivity index (χ3v) is 6.33. The predicted octanol–water partition coefficient (Wildman–Crippen LogP) is 3.25. The van der Waals surface area contributed by atoms with Gasteiger partial charge < -0.3 is 4.48 Å². The molecule has 1 N–H and O–H groups in total. The van der Waals surface area contributed by atoms with Gasteiger partial charge in [-0.3, -0.25) is 4.55 Å². The zero-order valence-electron chi connectivity index (χ0n) is 19.9. The van der Waals surface area contributed by atoms with Crippen LogP contribution >= 0.6 is 0 Å². The van der Waals surface area contributed by atoms with Crippen molar-refractivity contribution in [2.24, 2.45) is 0 Å². The van der Waals surface area contributed by atoms with Crippen molar-refractivity contribution in [1.82, 2.24) is 0 Å². The van der Waals surface area contributed by atoms with Crippen LogP contribution in [0.4, 0.5) is 0 Å². The zero-order valence-corrected chi connectivity index (χ0v) is 22.7. The summed E-state index contributed by atoms with van der Waals surface area (Å²) in [6, 6.07) is 6.27. The molecular formula is C23H44NNaO3S+2. The van der Waals surface area contributed by atoms with E-state index in [4.69, 9.17) is 4.55 Å². The molecule has 0 fully saturated rings. The molecule has 0 spiro atoms. The van der Waals surface area contributed by atoms with Crippen LogP contribution in [0.5, 0.6) is 0 Å². The van der Waals surface area contributed by atoms with Crippen molar-refractivity contribution in [2.45, 2.75) is 90.9 Å². The second-order valence-corrected chi connectivity index (χ2v) is 9.28. The molecule has 0 unspecified atom stereocenters. The summed E-state index contributed by atoms with van der Waals surface area (Å²) >= 11 is 0. The average Bonchev–Trinajstić information content (AvgIpc) is 2.67. The second-order valence-electron chi connectivity index (χ2n) is 7.89. The maximum absolute atomic E-state index is 10.6. The second kappa shape index (κ2) is 17.7. The molecule has 4 nitrogen and oxygen atoms in total. The number of aryl methyl sites for hydroxylation is 1. The van der Waals surface area contributed by atoms with Gasteiger partial charge in [-0.2, -0.15) is 8.42 Å². The van der Waals surface area contributed by atoms with Crippen LogP contribution in [0.25, 0.3) is 0 Å². The zero-order chi connectivity index (χ0) is 21.5. The van der Waals surface area contributed by atoms with Gasteiger partial charge in [-0.05, 0) is 44.2 Å². The minimum atomic E-state index is -4.03. The van der Waals surface area contributed by atoms with Gasteiger partial charge >= 0.3 is 29.6 Å². The molecule has 0 aliphatic heterocycles. The fourth-order valence-corrected chi connectivity index (χ4v) is 4.22. The molecule has 0 heterocycles. The van der Waals surface area contributed by atoms with Gasteiger partial charge in [0.25, 0.3) is 10.1 Å². The fraction of sp³-hybridized carbons (Fsp3) is 0.739. The van der Waals surface area contributed by atoms with Gasteiger partial charge in [0.1, 0.15) is 0 Å². The molecular weight excluding hydrogens is 393 g/mol. The monoisotopic (exact) mass is 437 g/mol. The van der Waals surface area contributed by atoms with E-state index >= 15 is 0 Å². The van der Waals surface area contributed by atoms with Gasteiger partial charge in [0, 0.05) is 0 Å². The maximum atomic E-state index is 10.6. The van der Waals surface area contributed by atoms with Gasteiger partial charge in [-0.25, -0.2) is 0 Å². The Morgan fingerprint density at radius 1 is 0.759 bits per heavy atom. The Kier molecular flexibility index (Phi) is 19.1. The summed E-state index contributed by atoms with van der Waals surface area (Å²) in [5.74, 6) is 0. The van der Waals surface area contributed by atoms with Crippen LogP contribution in [0.3, 0.4) is 0 Å². The van der Waals surface area contributed by atoms with Crippen molar-refractivity contribution in [1.29, 1.82) is 0 Å². The van der Waals surface area contributed by atoms with Crippen LogP contribution in [0.2, 0.25) is 0 Å². The van der Waals surface area contributed by atoms with E-state index in [0.29, 0.717) is 5.56 Å². The number of benzene rings is 1. The first-order valence-corrected chi connectivity index (χ1v) is 12.6. The van der Waals surface area contributed by atoms with Crippen molar-refractivity contribution in [3.05, 3.63) is 29.8 Å². The number of hydrogen-bond acceptors (Lipinski definition) is 2. The molecule has 1 rings (SSSR count). The van der Waals surface area contributed by atoms with Crippen LogP contribution in [-0.4, -0.2) is 43.6 Å². The summed E-state index contributed by atoms with van der Waals surface area (Å²) in [6.07, 6.45) is 11.1. The van der Waals surface area contributed by atoms with Crippen molar-refractivity contribution >= 4 is 10.1 Å². The molecule has 0 amide bonds. The first-order valence-electron chi connectivity index (χ1n) is 11.1. The maximum Gasteiger partial charge on any atom is 1.00 e. The van der Waals surface area contributed by atoms with Crippen molar-refractivity contribution in [3.63, 3.8) is 0 Å². The number of unbranched alkanes of at least 4 members (excludes halogenated alkanes) is 4. The molecule has 0 aliphatic rings. The smallest absolute Gasteiger partial charge is 0.324 e. The summed E-state index contributed by atoms with van der Waals surface area (Å²) in [7, 11) is -4.03. The van der Waals surface area contributed by atoms with Crippen LogP contribution in [0.1, 0.15) is 84.6 Å². The van der Waals surface area contributed by atoms with E-state index in [1.165, 1.54) is 88.1 Å². The summed E-state index contributed by atoms with van der Waals surface area (Å²) in [4.78, 5) is -0.0278. The van der Waals surface area contributed by atoms with Crippen molar-refractivity contribution in [3.8, 4) is 0 Å². The Morgan fingerprint density at radius 2 is 1.10 bits per heavy atom. The molecule has 29 heavy (non-hydrogen) atoms. The molecule has 164 valence electrons. The minimum Gasteiger partial charge on any atom is -0.324 e. The van der Waals surface area contributed by atoms with Crippen LogP contribution < -0.4 is 29.6 Å². The Balaban J connectivity index is 0. The first-order chi connectivity index (χ1) is 13.3. The molecule has 0 saturated heterocycles. The number of nitrogens with zero attached hydrogens (tertiary/aromatic N) is 1. The van der Waals surface area contributed by atoms with E-state index in [1.54, 1.807) is 25.1 Å². The Labute approximate surface area is 203 Å². The standard InChI is InChI=1S/C16H36N.C7H8O3S.Na/c1-5-9-13-17(14-10-6-2,15-11-7-3)16-12-8-4;1-6-4-2-3-5-7(6)11(8,9)10;/h5-16H2,1-4H3;2-5H,1H3,(H,8,9,10);/q+1;;+1. The van der Waals surface area contributed by atoms with Gasteiger partial charge in [0.2, 0.25) is 0 Å². The van der Waals surface area contributed by atoms with Gasteiger partial charge in [0.15, 0.2) is 0 Å². The number of hydrogen-bond donors (Lipinski definition) is 1. The molecule has 0 aromatic heterocycles. The van der Waals surface area contributed by atoms with E-state index in [-0.39, 0.29) is 34.5 Å². The minimum absolute atomic E-state index is 0. The van der Waals surface area contributed by atoms with Crippen LogP contribution in [0, 0.1) is 6.92 Å². The van der Waals surface area contributed by atoms with Crippen LogP contribution in [-0.2, 0) is 10.1 Å². The normalized spacial score (nSPS) is 11.4. The summed E-state index contributed by atoms with van der Waals surface area (Å²) in [5, 5.41) is 0. The van der Waals surface area contributed by atoms with E-state index < -0.39 is 10.1 Å². The topological polar surface area (TPSA) is 54.4 Å². The SMILES string of the molecule is CCCC[N+](CCCC)(CCCC)CCCC.Cc1ccccc1S(=O)(=O)O.[Na+]. The van der Waals surface area contributed by atoms with Gasteiger partial charge in [-0.15, -0.1) is 0 Å². The third-order valence-electron chi connectivity index (χ3n) is 5.32. The van der Waals surface area contributed by atoms with Crippen molar-refractivity contribution < 1.29 is 47.0 Å². The van der Waals surface area contributed by atoms with Gasteiger partial charge in [-0.1, -0.05) is 71.6 Å². The van der Waals surface area contributed by atoms with E-state index in [0.717, 1.165) is 0 Å². The molecule has 0 saturated carbocycles. The van der Waals surface area contributed by atoms with E-state index in [9.17, 15) is 8.42 Å². The fourth-order valence-electron chi connectivity index (χ4n) is 3.49.